The van der Waals surface area contributed by atoms with Gasteiger partial charge in [0.25, 0.3) is 0 Å². The van der Waals surface area contributed by atoms with E-state index in [9.17, 15) is 4.79 Å². The van der Waals surface area contributed by atoms with E-state index in [0.717, 1.165) is 42.9 Å². The van der Waals surface area contributed by atoms with Crippen molar-refractivity contribution in [2.24, 2.45) is 0 Å². The van der Waals surface area contributed by atoms with Crippen molar-refractivity contribution in [2.45, 2.75) is 32.0 Å². The average molecular weight is 263 g/mol. The Morgan fingerprint density at radius 1 is 1.26 bits per heavy atom. The Labute approximate surface area is 111 Å². The third kappa shape index (κ3) is 2.66. The maximum atomic E-state index is 11.0. The zero-order valence-corrected chi connectivity index (χ0v) is 10.7. The molecule has 5 nitrogen and oxygen atoms in total. The largest absolute Gasteiger partial charge is 0.490 e. The average Bonchev–Trinajstić information content (AvgIpc) is 2.83. The molecule has 1 saturated heterocycles. The predicted molar refractivity (Wildman–Crippen MR) is 68.2 cm³/mol. The van der Waals surface area contributed by atoms with Crippen LogP contribution in [0.3, 0.4) is 0 Å². The second-order valence-electron chi connectivity index (χ2n) is 5.00. The van der Waals surface area contributed by atoms with Crippen LogP contribution in [0.5, 0.6) is 5.75 Å². The van der Waals surface area contributed by atoms with Gasteiger partial charge in [-0.25, -0.2) is 4.79 Å². The van der Waals surface area contributed by atoms with Gasteiger partial charge in [0.1, 0.15) is 11.9 Å². The van der Waals surface area contributed by atoms with Gasteiger partial charge in [-0.3, -0.25) is 4.90 Å². The number of carbonyl (C=O) groups is 1. The molecule has 0 bridgehead atoms. The van der Waals surface area contributed by atoms with Gasteiger partial charge >= 0.3 is 6.09 Å². The molecule has 102 valence electrons. The van der Waals surface area contributed by atoms with Crippen molar-refractivity contribution in [1.29, 1.82) is 0 Å². The van der Waals surface area contributed by atoms with Gasteiger partial charge in [0, 0.05) is 25.9 Å². The highest BCUT2D eigenvalue weighted by Crippen LogP contribution is 2.28. The molecule has 3 rings (SSSR count). The Bertz CT molecular complexity index is 482. The highest BCUT2D eigenvalue weighted by molar-refractivity contribution is 5.66. The number of nitrogens with zero attached hydrogens (tertiary/aromatic N) is 1. The zero-order valence-electron chi connectivity index (χ0n) is 10.7. The van der Waals surface area contributed by atoms with Crippen molar-refractivity contribution in [3.8, 4) is 5.75 Å². The van der Waals surface area contributed by atoms with Crippen LogP contribution in [-0.4, -0.2) is 35.4 Å². The van der Waals surface area contributed by atoms with Gasteiger partial charge in [0.2, 0.25) is 0 Å². The second kappa shape index (κ2) is 5.09. The molecule has 5 heteroatoms. The standard InChI is InChI=1S/C14H17NO4/c16-14(17)15-8-10-1-2-13(7-11(10)9-15)19-12-3-5-18-6-4-12/h1-2,7,12H,3-6,8-9H2,(H,16,17). The summed E-state index contributed by atoms with van der Waals surface area (Å²) in [5.41, 5.74) is 2.12. The number of ether oxygens (including phenoxy) is 2. The number of hydrogen-bond donors (Lipinski definition) is 1. The third-order valence-electron chi connectivity index (χ3n) is 3.64. The van der Waals surface area contributed by atoms with E-state index in [1.165, 1.54) is 4.90 Å². The van der Waals surface area contributed by atoms with Crippen molar-refractivity contribution in [3.63, 3.8) is 0 Å². The van der Waals surface area contributed by atoms with Gasteiger partial charge in [-0.2, -0.15) is 0 Å². The molecule has 0 aromatic heterocycles. The first-order valence-electron chi connectivity index (χ1n) is 6.56. The molecular formula is C14H17NO4. The summed E-state index contributed by atoms with van der Waals surface area (Å²) in [5, 5.41) is 9.00. The fourth-order valence-corrected chi connectivity index (χ4v) is 2.57. The number of hydrogen-bond acceptors (Lipinski definition) is 3. The first kappa shape index (κ1) is 12.3. The summed E-state index contributed by atoms with van der Waals surface area (Å²) in [4.78, 5) is 12.4. The van der Waals surface area contributed by atoms with Crippen LogP contribution in [0.25, 0.3) is 0 Å². The molecule has 2 aliphatic rings. The Balaban J connectivity index is 1.69. The van der Waals surface area contributed by atoms with Crippen LogP contribution in [0.1, 0.15) is 24.0 Å². The van der Waals surface area contributed by atoms with E-state index in [0.29, 0.717) is 13.1 Å². The smallest absolute Gasteiger partial charge is 0.407 e. The number of amides is 1. The lowest BCUT2D eigenvalue weighted by atomic mass is 10.1. The molecule has 0 radical (unpaired) electrons. The second-order valence-corrected chi connectivity index (χ2v) is 5.00. The maximum Gasteiger partial charge on any atom is 0.407 e. The third-order valence-corrected chi connectivity index (χ3v) is 3.64. The van der Waals surface area contributed by atoms with Crippen molar-refractivity contribution in [2.75, 3.05) is 13.2 Å². The highest BCUT2D eigenvalue weighted by atomic mass is 16.5. The quantitative estimate of drug-likeness (QED) is 0.889. The molecule has 0 spiro atoms. The topological polar surface area (TPSA) is 59.0 Å². The van der Waals surface area contributed by atoms with Crippen LogP contribution in [0.15, 0.2) is 18.2 Å². The Morgan fingerprint density at radius 3 is 2.74 bits per heavy atom. The predicted octanol–water partition coefficient (Wildman–Crippen LogP) is 2.24. The minimum absolute atomic E-state index is 0.212. The number of rotatable bonds is 2. The number of benzene rings is 1. The lowest BCUT2D eigenvalue weighted by Crippen LogP contribution is -2.25. The first-order chi connectivity index (χ1) is 9.22. The van der Waals surface area contributed by atoms with E-state index in [1.807, 2.05) is 18.2 Å². The van der Waals surface area contributed by atoms with Gasteiger partial charge in [-0.1, -0.05) is 6.07 Å². The van der Waals surface area contributed by atoms with E-state index in [1.54, 1.807) is 0 Å². The summed E-state index contributed by atoms with van der Waals surface area (Å²) < 4.78 is 11.2. The van der Waals surface area contributed by atoms with Crippen LogP contribution >= 0.6 is 0 Å². The molecule has 1 aromatic carbocycles. The van der Waals surface area contributed by atoms with Crippen LogP contribution in [0.2, 0.25) is 0 Å². The lowest BCUT2D eigenvalue weighted by Gasteiger charge is -2.23. The van der Waals surface area contributed by atoms with Crippen LogP contribution in [-0.2, 0) is 17.8 Å². The first-order valence-corrected chi connectivity index (χ1v) is 6.56. The summed E-state index contributed by atoms with van der Waals surface area (Å²) in [6.07, 6.45) is 1.17. The fourth-order valence-electron chi connectivity index (χ4n) is 2.57. The van der Waals surface area contributed by atoms with Crippen LogP contribution in [0.4, 0.5) is 4.79 Å². The summed E-state index contributed by atoms with van der Waals surface area (Å²) in [6, 6.07) is 5.86. The maximum absolute atomic E-state index is 11.0. The molecule has 19 heavy (non-hydrogen) atoms. The van der Waals surface area contributed by atoms with Crippen molar-refractivity contribution in [1.82, 2.24) is 4.90 Å². The molecular weight excluding hydrogens is 246 g/mol. The van der Waals surface area contributed by atoms with E-state index < -0.39 is 6.09 Å². The molecule has 0 atom stereocenters. The molecule has 2 aliphatic heterocycles. The van der Waals surface area contributed by atoms with Crippen LogP contribution in [0, 0.1) is 0 Å². The van der Waals surface area contributed by atoms with Gasteiger partial charge in [-0.05, 0) is 23.3 Å². The fraction of sp³-hybridized carbons (Fsp3) is 0.500. The molecule has 0 saturated carbocycles. The lowest BCUT2D eigenvalue weighted by molar-refractivity contribution is 0.0255. The van der Waals surface area contributed by atoms with Gasteiger partial charge < -0.3 is 14.6 Å². The number of fused-ring (bicyclic) bond motifs is 1. The van der Waals surface area contributed by atoms with E-state index in [-0.39, 0.29) is 6.10 Å². The van der Waals surface area contributed by atoms with E-state index >= 15 is 0 Å². The van der Waals surface area contributed by atoms with Crippen molar-refractivity contribution in [3.05, 3.63) is 29.3 Å². The SMILES string of the molecule is O=C(O)N1Cc2ccc(OC3CCOCC3)cc2C1. The normalized spacial score (nSPS) is 19.3. The summed E-state index contributed by atoms with van der Waals surface area (Å²) in [6.45, 7) is 2.43. The number of carboxylic acid groups (broad SMARTS) is 1. The molecule has 0 aliphatic carbocycles. The van der Waals surface area contributed by atoms with Crippen LogP contribution < -0.4 is 4.74 Å². The monoisotopic (exact) mass is 263 g/mol. The molecule has 2 heterocycles. The summed E-state index contributed by atoms with van der Waals surface area (Å²) >= 11 is 0. The molecule has 0 unspecified atom stereocenters. The highest BCUT2D eigenvalue weighted by Gasteiger charge is 2.23. The molecule has 1 amide bonds. The van der Waals surface area contributed by atoms with Crippen molar-refractivity contribution < 1.29 is 19.4 Å². The zero-order chi connectivity index (χ0) is 13.2. The molecule has 1 fully saturated rings. The van der Waals surface area contributed by atoms with Crippen molar-refractivity contribution >= 4 is 6.09 Å². The molecule has 1 N–H and O–H groups in total. The van der Waals surface area contributed by atoms with Gasteiger partial charge in [0.05, 0.1) is 13.2 Å². The Kier molecular flexibility index (Phi) is 3.29. The van der Waals surface area contributed by atoms with E-state index in [2.05, 4.69) is 0 Å². The van der Waals surface area contributed by atoms with Gasteiger partial charge in [-0.15, -0.1) is 0 Å². The Hall–Kier alpha value is -1.75. The molecule has 1 aromatic rings. The summed E-state index contributed by atoms with van der Waals surface area (Å²) in [5.74, 6) is 0.831. The minimum atomic E-state index is -0.872. The van der Waals surface area contributed by atoms with E-state index in [4.69, 9.17) is 14.6 Å². The minimum Gasteiger partial charge on any atom is -0.490 e. The van der Waals surface area contributed by atoms with Gasteiger partial charge in [0.15, 0.2) is 0 Å². The Morgan fingerprint density at radius 2 is 2.00 bits per heavy atom. The summed E-state index contributed by atoms with van der Waals surface area (Å²) in [7, 11) is 0.